The third-order valence-electron chi connectivity index (χ3n) is 4.02. The lowest BCUT2D eigenvalue weighted by Gasteiger charge is -2.46. The van der Waals surface area contributed by atoms with Crippen LogP contribution in [0.1, 0.15) is 12.0 Å². The molecule has 1 aliphatic carbocycles. The maximum Gasteiger partial charge on any atom is 0.287 e. The van der Waals surface area contributed by atoms with Crippen LogP contribution < -0.4 is 11.1 Å². The Hall–Kier alpha value is -1.73. The fourth-order valence-corrected chi connectivity index (χ4v) is 2.90. The lowest BCUT2D eigenvalue weighted by atomic mass is 9.72. The molecule has 0 aromatic carbocycles. The van der Waals surface area contributed by atoms with Crippen LogP contribution in [0.15, 0.2) is 12.3 Å². The van der Waals surface area contributed by atoms with Crippen LogP contribution >= 0.6 is 0 Å². The Bertz CT molecular complexity index is 522. The number of nitrogens with zero attached hydrogens (tertiary/aromatic N) is 2. The second kappa shape index (κ2) is 4.43. The predicted molar refractivity (Wildman–Crippen MR) is 68.9 cm³/mol. The molecule has 2 fully saturated rings. The molecule has 1 aromatic heterocycles. The van der Waals surface area contributed by atoms with Crippen molar-refractivity contribution in [2.24, 2.45) is 11.7 Å². The summed E-state index contributed by atoms with van der Waals surface area (Å²) in [6.45, 7) is 2.55. The van der Waals surface area contributed by atoms with Gasteiger partial charge in [0.15, 0.2) is 0 Å². The van der Waals surface area contributed by atoms with E-state index in [4.69, 9.17) is 10.5 Å². The number of ether oxygens (including phenoxy) is 1. The van der Waals surface area contributed by atoms with Gasteiger partial charge in [0.1, 0.15) is 12.0 Å². The quantitative estimate of drug-likeness (QED) is 0.619. The number of pyridine rings is 1. The van der Waals surface area contributed by atoms with Gasteiger partial charge in [0.2, 0.25) is 0 Å². The number of nitrogens with one attached hydrogen (secondary N) is 1. The van der Waals surface area contributed by atoms with Gasteiger partial charge in [0.05, 0.1) is 17.1 Å². The Balaban J connectivity index is 1.75. The zero-order valence-electron chi connectivity index (χ0n) is 10.6. The SMILES string of the molecule is Cc1cc([N+](=O)[O-])cnc1NC1C(N)C2CCOC21. The van der Waals surface area contributed by atoms with Gasteiger partial charge < -0.3 is 15.8 Å². The van der Waals surface area contributed by atoms with Crippen molar-refractivity contribution in [3.05, 3.63) is 27.9 Å². The number of hydrogen-bond donors (Lipinski definition) is 2. The highest BCUT2D eigenvalue weighted by Gasteiger charge is 2.52. The first-order valence-electron chi connectivity index (χ1n) is 6.32. The summed E-state index contributed by atoms with van der Waals surface area (Å²) in [5.74, 6) is 1.07. The molecule has 4 atom stereocenters. The Kier molecular flexibility index (Phi) is 2.87. The molecule has 3 rings (SSSR count). The zero-order valence-corrected chi connectivity index (χ0v) is 10.6. The Morgan fingerprint density at radius 1 is 1.63 bits per heavy atom. The minimum Gasteiger partial charge on any atom is -0.376 e. The van der Waals surface area contributed by atoms with E-state index in [1.165, 1.54) is 12.3 Å². The molecule has 0 radical (unpaired) electrons. The monoisotopic (exact) mass is 264 g/mol. The molecule has 102 valence electrons. The van der Waals surface area contributed by atoms with E-state index in [1.807, 2.05) is 0 Å². The van der Waals surface area contributed by atoms with Crippen molar-refractivity contribution < 1.29 is 9.66 Å². The molecule has 0 spiro atoms. The first kappa shape index (κ1) is 12.3. The molecule has 2 aliphatic rings. The molecule has 2 heterocycles. The fraction of sp³-hybridized carbons (Fsp3) is 0.583. The number of aromatic nitrogens is 1. The lowest BCUT2D eigenvalue weighted by Crippen LogP contribution is -2.65. The molecule has 19 heavy (non-hydrogen) atoms. The summed E-state index contributed by atoms with van der Waals surface area (Å²) in [4.78, 5) is 14.3. The van der Waals surface area contributed by atoms with Crippen molar-refractivity contribution in [3.8, 4) is 0 Å². The topological polar surface area (TPSA) is 103 Å². The number of anilines is 1. The smallest absolute Gasteiger partial charge is 0.287 e. The van der Waals surface area contributed by atoms with Crippen molar-refractivity contribution >= 4 is 11.5 Å². The molecular formula is C12H16N4O3. The second-order valence-electron chi connectivity index (χ2n) is 5.15. The van der Waals surface area contributed by atoms with Crippen molar-refractivity contribution in [2.45, 2.75) is 31.5 Å². The van der Waals surface area contributed by atoms with Gasteiger partial charge in [-0.25, -0.2) is 4.98 Å². The average Bonchev–Trinajstić information content (AvgIpc) is 2.81. The Morgan fingerprint density at radius 2 is 2.42 bits per heavy atom. The summed E-state index contributed by atoms with van der Waals surface area (Å²) >= 11 is 0. The average molecular weight is 264 g/mol. The molecule has 0 amide bonds. The largest absolute Gasteiger partial charge is 0.376 e. The number of nitro groups is 1. The summed E-state index contributed by atoms with van der Waals surface area (Å²) < 4.78 is 5.63. The lowest BCUT2D eigenvalue weighted by molar-refractivity contribution is -0.385. The molecule has 4 unspecified atom stereocenters. The van der Waals surface area contributed by atoms with E-state index in [0.29, 0.717) is 11.7 Å². The van der Waals surface area contributed by atoms with Crippen molar-refractivity contribution in [1.29, 1.82) is 0 Å². The van der Waals surface area contributed by atoms with Gasteiger partial charge in [-0.05, 0) is 18.9 Å². The standard InChI is InChI=1S/C12H16N4O3/c1-6-4-7(16(17)18)5-14-12(6)15-10-9(13)8-2-3-19-11(8)10/h4-5,8-11H,2-3,13H2,1H3,(H,14,15). The van der Waals surface area contributed by atoms with Gasteiger partial charge in [0, 0.05) is 24.6 Å². The number of aryl methyl sites for hydroxylation is 1. The maximum absolute atomic E-state index is 10.7. The minimum absolute atomic E-state index is 0.00375. The highest BCUT2D eigenvalue weighted by Crippen LogP contribution is 2.39. The zero-order chi connectivity index (χ0) is 13.6. The molecule has 0 bridgehead atoms. The predicted octanol–water partition coefficient (Wildman–Crippen LogP) is 0.825. The Morgan fingerprint density at radius 3 is 3.11 bits per heavy atom. The van der Waals surface area contributed by atoms with E-state index >= 15 is 0 Å². The van der Waals surface area contributed by atoms with Gasteiger partial charge >= 0.3 is 0 Å². The minimum atomic E-state index is -0.449. The van der Waals surface area contributed by atoms with Gasteiger partial charge in [0.25, 0.3) is 5.69 Å². The molecular weight excluding hydrogens is 248 g/mol. The Labute approximate surface area is 110 Å². The van der Waals surface area contributed by atoms with Gasteiger partial charge in [-0.1, -0.05) is 0 Å². The first-order valence-corrected chi connectivity index (χ1v) is 6.32. The summed E-state index contributed by atoms with van der Waals surface area (Å²) in [6.07, 6.45) is 2.41. The maximum atomic E-state index is 10.7. The third kappa shape index (κ3) is 1.95. The number of rotatable bonds is 3. The van der Waals surface area contributed by atoms with Gasteiger partial charge in [-0.15, -0.1) is 0 Å². The molecule has 7 nitrogen and oxygen atoms in total. The summed E-state index contributed by atoms with van der Waals surface area (Å²) in [5.41, 5.74) is 6.84. The van der Waals surface area contributed by atoms with E-state index in [-0.39, 0.29) is 23.9 Å². The first-order chi connectivity index (χ1) is 9.08. The van der Waals surface area contributed by atoms with E-state index in [0.717, 1.165) is 18.6 Å². The van der Waals surface area contributed by atoms with Crippen molar-refractivity contribution in [2.75, 3.05) is 11.9 Å². The molecule has 1 saturated heterocycles. The van der Waals surface area contributed by atoms with Crippen LogP contribution in [-0.4, -0.2) is 34.7 Å². The van der Waals surface area contributed by atoms with Crippen LogP contribution in [0.2, 0.25) is 0 Å². The van der Waals surface area contributed by atoms with Crippen LogP contribution in [0.3, 0.4) is 0 Å². The van der Waals surface area contributed by atoms with Crippen LogP contribution in [0, 0.1) is 23.0 Å². The number of nitrogens with two attached hydrogens (primary N) is 1. The van der Waals surface area contributed by atoms with Gasteiger partial charge in [-0.2, -0.15) is 0 Å². The highest BCUT2D eigenvalue weighted by atomic mass is 16.6. The highest BCUT2D eigenvalue weighted by molar-refractivity contribution is 5.50. The van der Waals surface area contributed by atoms with Crippen LogP contribution in [-0.2, 0) is 4.74 Å². The van der Waals surface area contributed by atoms with Crippen LogP contribution in [0.25, 0.3) is 0 Å². The molecule has 7 heteroatoms. The normalized spacial score (nSPS) is 32.5. The number of hydrogen-bond acceptors (Lipinski definition) is 6. The number of fused-ring (bicyclic) bond motifs is 1. The van der Waals surface area contributed by atoms with E-state index < -0.39 is 4.92 Å². The summed E-state index contributed by atoms with van der Waals surface area (Å²) in [7, 11) is 0. The fourth-order valence-electron chi connectivity index (χ4n) is 2.90. The molecule has 1 aromatic rings. The van der Waals surface area contributed by atoms with Crippen LogP contribution in [0.4, 0.5) is 11.5 Å². The summed E-state index contributed by atoms with van der Waals surface area (Å²) in [5, 5.41) is 13.9. The molecule has 1 aliphatic heterocycles. The summed E-state index contributed by atoms with van der Waals surface area (Å²) in [6, 6.07) is 1.61. The molecule has 1 saturated carbocycles. The van der Waals surface area contributed by atoms with Crippen LogP contribution in [0.5, 0.6) is 0 Å². The van der Waals surface area contributed by atoms with E-state index in [1.54, 1.807) is 6.92 Å². The van der Waals surface area contributed by atoms with Crippen molar-refractivity contribution in [1.82, 2.24) is 4.98 Å². The van der Waals surface area contributed by atoms with Crippen molar-refractivity contribution in [3.63, 3.8) is 0 Å². The second-order valence-corrected chi connectivity index (χ2v) is 5.15. The molecule has 3 N–H and O–H groups in total. The third-order valence-corrected chi connectivity index (χ3v) is 4.02. The van der Waals surface area contributed by atoms with Gasteiger partial charge in [-0.3, -0.25) is 10.1 Å². The van der Waals surface area contributed by atoms with E-state index in [9.17, 15) is 10.1 Å². The van der Waals surface area contributed by atoms with E-state index in [2.05, 4.69) is 10.3 Å².